The van der Waals surface area contributed by atoms with Gasteiger partial charge < -0.3 is 5.32 Å². The van der Waals surface area contributed by atoms with E-state index in [1.54, 1.807) is 17.8 Å². The van der Waals surface area contributed by atoms with Crippen molar-refractivity contribution in [3.8, 4) is 0 Å². The number of hydrogen-bond acceptors (Lipinski definition) is 2. The van der Waals surface area contributed by atoms with E-state index in [1.165, 1.54) is 12.1 Å². The molecule has 0 aliphatic heterocycles. The Morgan fingerprint density at radius 2 is 2.05 bits per heavy atom. The zero-order valence-electron chi connectivity index (χ0n) is 10.6. The van der Waals surface area contributed by atoms with Crippen LogP contribution in [0.5, 0.6) is 0 Å². The summed E-state index contributed by atoms with van der Waals surface area (Å²) in [6, 6.07) is 12.4. The second kappa shape index (κ2) is 6.94. The van der Waals surface area contributed by atoms with Gasteiger partial charge in [0.2, 0.25) is 0 Å². The van der Waals surface area contributed by atoms with Crippen molar-refractivity contribution in [2.75, 3.05) is 6.54 Å². The molecule has 2 aromatic carbocycles. The van der Waals surface area contributed by atoms with E-state index in [2.05, 4.69) is 12.2 Å². The van der Waals surface area contributed by atoms with E-state index in [9.17, 15) is 4.39 Å². The molecule has 1 N–H and O–H groups in total. The summed E-state index contributed by atoms with van der Waals surface area (Å²) in [5.41, 5.74) is 1.13. The molecule has 2 rings (SSSR count). The molecule has 0 amide bonds. The fraction of sp³-hybridized carbons (Fsp3) is 0.200. The predicted octanol–water partition coefficient (Wildman–Crippen LogP) is 4.74. The normalized spacial score (nSPS) is 10.7. The van der Waals surface area contributed by atoms with Gasteiger partial charge in [-0.2, -0.15) is 0 Å². The van der Waals surface area contributed by atoms with Gasteiger partial charge in [0, 0.05) is 21.4 Å². The van der Waals surface area contributed by atoms with Crippen LogP contribution in [-0.4, -0.2) is 6.54 Å². The van der Waals surface area contributed by atoms with E-state index in [-0.39, 0.29) is 5.82 Å². The van der Waals surface area contributed by atoms with Gasteiger partial charge in [-0.15, -0.1) is 0 Å². The summed E-state index contributed by atoms with van der Waals surface area (Å²) in [5, 5.41) is 4.00. The van der Waals surface area contributed by atoms with Gasteiger partial charge in [0.05, 0.1) is 0 Å². The van der Waals surface area contributed by atoms with Gasteiger partial charge in [0.15, 0.2) is 0 Å². The van der Waals surface area contributed by atoms with Crippen LogP contribution in [0.15, 0.2) is 52.3 Å². The average molecular weight is 296 g/mol. The maximum atomic E-state index is 13.2. The lowest BCUT2D eigenvalue weighted by Gasteiger charge is -2.10. The fourth-order valence-corrected chi connectivity index (χ4v) is 2.87. The Labute approximate surface area is 122 Å². The largest absolute Gasteiger partial charge is 0.313 e. The number of halogens is 2. The van der Waals surface area contributed by atoms with Crippen molar-refractivity contribution in [2.24, 2.45) is 0 Å². The van der Waals surface area contributed by atoms with Crippen molar-refractivity contribution < 1.29 is 4.39 Å². The summed E-state index contributed by atoms with van der Waals surface area (Å²) < 4.78 is 13.2. The van der Waals surface area contributed by atoms with E-state index in [0.717, 1.165) is 33.5 Å². The van der Waals surface area contributed by atoms with E-state index >= 15 is 0 Å². The topological polar surface area (TPSA) is 12.0 Å². The van der Waals surface area contributed by atoms with Crippen molar-refractivity contribution >= 4 is 23.4 Å². The maximum absolute atomic E-state index is 13.2. The summed E-state index contributed by atoms with van der Waals surface area (Å²) in [7, 11) is 0. The molecule has 0 aliphatic rings. The first kappa shape index (κ1) is 14.4. The number of hydrogen-bond donors (Lipinski definition) is 1. The minimum atomic E-state index is -0.216. The van der Waals surface area contributed by atoms with Gasteiger partial charge in [-0.3, -0.25) is 0 Å². The van der Waals surface area contributed by atoms with E-state index in [0.29, 0.717) is 0 Å². The second-order valence-corrected chi connectivity index (χ2v) is 5.64. The molecule has 0 radical (unpaired) electrons. The molecule has 0 aromatic heterocycles. The Hall–Kier alpha value is -1.03. The van der Waals surface area contributed by atoms with Gasteiger partial charge in [-0.1, -0.05) is 36.4 Å². The highest BCUT2D eigenvalue weighted by Gasteiger charge is 2.06. The third-order valence-corrected chi connectivity index (χ3v) is 3.95. The first-order valence-electron chi connectivity index (χ1n) is 6.11. The van der Waals surface area contributed by atoms with E-state index < -0.39 is 0 Å². The zero-order chi connectivity index (χ0) is 13.7. The average Bonchev–Trinajstić information content (AvgIpc) is 2.39. The Morgan fingerprint density at radius 3 is 2.79 bits per heavy atom. The maximum Gasteiger partial charge on any atom is 0.124 e. The molecule has 1 nitrogen and oxygen atoms in total. The highest BCUT2D eigenvalue weighted by atomic mass is 35.5. The quantitative estimate of drug-likeness (QED) is 0.855. The lowest BCUT2D eigenvalue weighted by Crippen LogP contribution is -2.12. The van der Waals surface area contributed by atoms with Gasteiger partial charge in [-0.05, 0) is 48.5 Å². The van der Waals surface area contributed by atoms with Crippen molar-refractivity contribution in [1.82, 2.24) is 5.32 Å². The smallest absolute Gasteiger partial charge is 0.124 e. The first-order valence-corrected chi connectivity index (χ1v) is 7.31. The van der Waals surface area contributed by atoms with Gasteiger partial charge in [-0.25, -0.2) is 4.39 Å². The van der Waals surface area contributed by atoms with Gasteiger partial charge >= 0.3 is 0 Å². The molecule has 0 atom stereocenters. The molecular weight excluding hydrogens is 281 g/mol. The summed E-state index contributed by atoms with van der Waals surface area (Å²) >= 11 is 7.58. The monoisotopic (exact) mass is 295 g/mol. The summed E-state index contributed by atoms with van der Waals surface area (Å²) in [6.07, 6.45) is 0. The molecule has 0 aliphatic carbocycles. The highest BCUT2D eigenvalue weighted by Crippen LogP contribution is 2.32. The third-order valence-electron chi connectivity index (χ3n) is 2.61. The van der Waals surface area contributed by atoms with Crippen molar-refractivity contribution in [1.29, 1.82) is 0 Å². The predicted molar refractivity (Wildman–Crippen MR) is 79.4 cm³/mol. The van der Waals surface area contributed by atoms with Crippen LogP contribution in [-0.2, 0) is 6.54 Å². The van der Waals surface area contributed by atoms with Gasteiger partial charge in [0.25, 0.3) is 0 Å². The molecule has 0 saturated carbocycles. The minimum Gasteiger partial charge on any atom is -0.313 e. The molecule has 19 heavy (non-hydrogen) atoms. The highest BCUT2D eigenvalue weighted by molar-refractivity contribution is 7.99. The van der Waals surface area contributed by atoms with Crippen molar-refractivity contribution in [3.05, 3.63) is 58.9 Å². The summed E-state index contributed by atoms with van der Waals surface area (Å²) in [6.45, 7) is 3.72. The summed E-state index contributed by atoms with van der Waals surface area (Å²) in [5.74, 6) is -0.216. The number of rotatable bonds is 5. The first-order chi connectivity index (χ1) is 9.19. The molecular formula is C15H15ClFNS. The molecule has 100 valence electrons. The molecule has 0 heterocycles. The molecule has 0 saturated heterocycles. The van der Waals surface area contributed by atoms with Crippen LogP contribution in [0.4, 0.5) is 4.39 Å². The van der Waals surface area contributed by atoms with Crippen LogP contribution in [0.2, 0.25) is 5.02 Å². The Morgan fingerprint density at radius 1 is 1.21 bits per heavy atom. The molecule has 4 heteroatoms. The lowest BCUT2D eigenvalue weighted by atomic mass is 10.2. The van der Waals surface area contributed by atoms with Crippen molar-refractivity contribution in [3.63, 3.8) is 0 Å². The Balaban J connectivity index is 2.23. The van der Waals surface area contributed by atoms with E-state index in [4.69, 9.17) is 11.6 Å². The molecule has 0 unspecified atom stereocenters. The number of benzene rings is 2. The van der Waals surface area contributed by atoms with Crippen LogP contribution in [0, 0.1) is 5.82 Å². The SMILES string of the molecule is CCNCc1cc(Cl)ccc1Sc1cccc(F)c1. The Bertz CT molecular complexity index is 560. The zero-order valence-corrected chi connectivity index (χ0v) is 12.2. The van der Waals surface area contributed by atoms with E-state index in [1.807, 2.05) is 24.3 Å². The van der Waals surface area contributed by atoms with Crippen LogP contribution in [0.25, 0.3) is 0 Å². The summed E-state index contributed by atoms with van der Waals surface area (Å²) in [4.78, 5) is 1.98. The Kier molecular flexibility index (Phi) is 5.25. The van der Waals surface area contributed by atoms with Crippen LogP contribution in [0.1, 0.15) is 12.5 Å². The van der Waals surface area contributed by atoms with Crippen molar-refractivity contribution in [2.45, 2.75) is 23.3 Å². The standard InChI is InChI=1S/C15H15ClFNS/c1-2-18-10-11-8-12(16)6-7-15(11)19-14-5-3-4-13(17)9-14/h3-9,18H,2,10H2,1H3. The lowest BCUT2D eigenvalue weighted by molar-refractivity contribution is 0.624. The third kappa shape index (κ3) is 4.23. The molecule has 0 fully saturated rings. The van der Waals surface area contributed by atoms with Crippen LogP contribution >= 0.6 is 23.4 Å². The van der Waals surface area contributed by atoms with Crippen LogP contribution in [0.3, 0.4) is 0 Å². The molecule has 0 spiro atoms. The van der Waals surface area contributed by atoms with Crippen LogP contribution < -0.4 is 5.32 Å². The second-order valence-electron chi connectivity index (χ2n) is 4.09. The molecule has 0 bridgehead atoms. The van der Waals surface area contributed by atoms with Gasteiger partial charge in [0.1, 0.15) is 5.82 Å². The minimum absolute atomic E-state index is 0.216. The number of nitrogens with one attached hydrogen (secondary N) is 1. The molecule has 2 aromatic rings. The fourth-order valence-electron chi connectivity index (χ4n) is 1.70.